The van der Waals surface area contributed by atoms with Crippen LogP contribution in [0.5, 0.6) is 0 Å². The van der Waals surface area contributed by atoms with Gasteiger partial charge >= 0.3 is 0 Å². The summed E-state index contributed by atoms with van der Waals surface area (Å²) in [5, 5.41) is 13.6. The van der Waals surface area contributed by atoms with Crippen molar-refractivity contribution < 1.29 is 8.42 Å². The van der Waals surface area contributed by atoms with E-state index in [9.17, 15) is 8.42 Å². The summed E-state index contributed by atoms with van der Waals surface area (Å²) in [6, 6.07) is 4.66. The van der Waals surface area contributed by atoms with Crippen LogP contribution in [0.4, 0.5) is 5.69 Å². The quantitative estimate of drug-likeness (QED) is 0.797. The third-order valence-electron chi connectivity index (χ3n) is 2.59. The van der Waals surface area contributed by atoms with Gasteiger partial charge < -0.3 is 10.3 Å². The molecular formula is C10H13N5O2S2. The fourth-order valence-corrected chi connectivity index (χ4v) is 3.10. The summed E-state index contributed by atoms with van der Waals surface area (Å²) in [6.07, 6.45) is 0. The minimum absolute atomic E-state index is 0.0867. The molecule has 0 unspecified atom stereocenters. The summed E-state index contributed by atoms with van der Waals surface area (Å²) in [4.78, 5) is 0.485. The monoisotopic (exact) mass is 299 g/mol. The second-order valence-electron chi connectivity index (χ2n) is 3.90. The van der Waals surface area contributed by atoms with Crippen molar-refractivity contribution in [3.8, 4) is 0 Å². The smallest absolute Gasteiger partial charge is 0.240 e. The van der Waals surface area contributed by atoms with Crippen molar-refractivity contribution in [2.45, 2.75) is 21.9 Å². The molecule has 19 heavy (non-hydrogen) atoms. The Morgan fingerprint density at radius 3 is 2.53 bits per heavy atom. The average Bonchev–Trinajstić information content (AvgIpc) is 2.62. The standard InChI is InChI=1S/C10H13N5O2S2/c1-6-13-14-10(15(6)2)18-7-4-3-5-8(9(7)11)19(12,16)17/h3-5H,11H2,1-2H3,(H2,12,16,17). The number of anilines is 1. The number of nitrogen functional groups attached to an aromatic ring is 1. The van der Waals surface area contributed by atoms with Gasteiger partial charge in [-0.15, -0.1) is 10.2 Å². The number of nitrogens with zero attached hydrogens (tertiary/aromatic N) is 3. The second kappa shape index (κ2) is 4.83. The first kappa shape index (κ1) is 13.8. The van der Waals surface area contributed by atoms with Gasteiger partial charge in [-0.25, -0.2) is 13.6 Å². The van der Waals surface area contributed by atoms with Crippen molar-refractivity contribution in [2.24, 2.45) is 12.2 Å². The van der Waals surface area contributed by atoms with Gasteiger partial charge in [-0.2, -0.15) is 0 Å². The van der Waals surface area contributed by atoms with Gasteiger partial charge in [0.1, 0.15) is 10.7 Å². The number of hydrogen-bond acceptors (Lipinski definition) is 6. The zero-order valence-electron chi connectivity index (χ0n) is 10.4. The van der Waals surface area contributed by atoms with Crippen molar-refractivity contribution >= 4 is 27.5 Å². The van der Waals surface area contributed by atoms with E-state index in [1.165, 1.54) is 17.8 Å². The maximum absolute atomic E-state index is 11.4. The number of sulfonamides is 1. The van der Waals surface area contributed by atoms with E-state index >= 15 is 0 Å². The number of para-hydroxylation sites is 1. The first-order chi connectivity index (χ1) is 8.80. The number of aromatic nitrogens is 3. The normalized spacial score (nSPS) is 11.7. The Morgan fingerprint density at radius 1 is 1.32 bits per heavy atom. The molecule has 0 fully saturated rings. The van der Waals surface area contributed by atoms with Crippen LogP contribution in [0.1, 0.15) is 5.82 Å². The molecule has 0 aliphatic carbocycles. The van der Waals surface area contributed by atoms with E-state index < -0.39 is 10.0 Å². The largest absolute Gasteiger partial charge is 0.397 e. The van der Waals surface area contributed by atoms with E-state index in [0.717, 1.165) is 5.82 Å². The highest BCUT2D eigenvalue weighted by Gasteiger charge is 2.17. The van der Waals surface area contributed by atoms with Crippen LogP contribution in [0.3, 0.4) is 0 Å². The van der Waals surface area contributed by atoms with E-state index in [1.54, 1.807) is 16.7 Å². The number of aryl methyl sites for hydroxylation is 1. The van der Waals surface area contributed by atoms with Gasteiger partial charge in [0.25, 0.3) is 0 Å². The van der Waals surface area contributed by atoms with Crippen LogP contribution < -0.4 is 10.9 Å². The van der Waals surface area contributed by atoms with Gasteiger partial charge in [-0.1, -0.05) is 6.07 Å². The summed E-state index contributed by atoms with van der Waals surface area (Å²) >= 11 is 1.24. The molecule has 9 heteroatoms. The molecular weight excluding hydrogens is 286 g/mol. The molecule has 2 rings (SSSR count). The SMILES string of the molecule is Cc1nnc(Sc2cccc(S(N)(=O)=O)c2N)n1C. The van der Waals surface area contributed by atoms with Crippen LogP contribution in [0.2, 0.25) is 0 Å². The van der Waals surface area contributed by atoms with Gasteiger partial charge in [0.05, 0.1) is 5.69 Å². The molecule has 1 heterocycles. The fraction of sp³-hybridized carbons (Fsp3) is 0.200. The molecule has 0 atom stereocenters. The minimum Gasteiger partial charge on any atom is -0.397 e. The number of primary sulfonamides is 1. The van der Waals surface area contributed by atoms with Crippen molar-refractivity contribution in [3.63, 3.8) is 0 Å². The highest BCUT2D eigenvalue weighted by atomic mass is 32.2. The fourth-order valence-electron chi connectivity index (χ4n) is 1.44. The molecule has 7 nitrogen and oxygen atoms in total. The minimum atomic E-state index is -3.83. The van der Waals surface area contributed by atoms with Crippen LogP contribution in [0.25, 0.3) is 0 Å². The first-order valence-electron chi connectivity index (χ1n) is 5.26. The van der Waals surface area contributed by atoms with Gasteiger partial charge in [-0.05, 0) is 30.8 Å². The lowest BCUT2D eigenvalue weighted by atomic mass is 10.3. The lowest BCUT2D eigenvalue weighted by Crippen LogP contribution is -2.14. The summed E-state index contributed by atoms with van der Waals surface area (Å²) < 4.78 is 24.6. The van der Waals surface area contributed by atoms with Gasteiger partial charge in [0.2, 0.25) is 10.0 Å². The number of hydrogen-bond donors (Lipinski definition) is 2. The van der Waals surface area contributed by atoms with Gasteiger partial charge in [0.15, 0.2) is 5.16 Å². The van der Waals surface area contributed by atoms with Crippen molar-refractivity contribution in [3.05, 3.63) is 24.0 Å². The summed E-state index contributed by atoms with van der Waals surface area (Å²) in [5.74, 6) is 0.753. The highest BCUT2D eigenvalue weighted by molar-refractivity contribution is 7.99. The molecule has 4 N–H and O–H groups in total. The first-order valence-corrected chi connectivity index (χ1v) is 7.62. The number of nitrogens with two attached hydrogens (primary N) is 2. The number of benzene rings is 1. The van der Waals surface area contributed by atoms with Crippen LogP contribution in [-0.2, 0) is 17.1 Å². The zero-order valence-corrected chi connectivity index (χ0v) is 12.0. The summed E-state index contributed by atoms with van der Waals surface area (Å²) in [6.45, 7) is 1.82. The molecule has 2 aromatic rings. The molecule has 0 saturated heterocycles. The molecule has 0 radical (unpaired) electrons. The summed E-state index contributed by atoms with van der Waals surface area (Å²) in [5.41, 5.74) is 5.96. The topological polar surface area (TPSA) is 117 Å². The lowest BCUT2D eigenvalue weighted by molar-refractivity contribution is 0.598. The van der Waals surface area contributed by atoms with Crippen LogP contribution in [0, 0.1) is 6.92 Å². The molecule has 0 spiro atoms. The summed E-state index contributed by atoms with van der Waals surface area (Å²) in [7, 11) is -2.02. The molecule has 0 aliphatic heterocycles. The Balaban J connectivity index is 2.45. The molecule has 0 bridgehead atoms. The van der Waals surface area contributed by atoms with E-state index in [0.29, 0.717) is 10.1 Å². The molecule has 0 saturated carbocycles. The van der Waals surface area contributed by atoms with Crippen molar-refractivity contribution in [1.29, 1.82) is 0 Å². The lowest BCUT2D eigenvalue weighted by Gasteiger charge is -2.08. The highest BCUT2D eigenvalue weighted by Crippen LogP contribution is 2.33. The van der Waals surface area contributed by atoms with E-state index in [1.807, 2.05) is 14.0 Å². The van der Waals surface area contributed by atoms with Gasteiger partial charge in [0, 0.05) is 11.9 Å². The maximum Gasteiger partial charge on any atom is 0.240 e. The Labute approximate surface area is 115 Å². The molecule has 1 aromatic carbocycles. The number of rotatable bonds is 3. The zero-order chi connectivity index (χ0) is 14.2. The molecule has 1 aromatic heterocycles. The maximum atomic E-state index is 11.4. The second-order valence-corrected chi connectivity index (χ2v) is 6.44. The van der Waals surface area contributed by atoms with E-state index in [2.05, 4.69) is 10.2 Å². The van der Waals surface area contributed by atoms with Crippen LogP contribution >= 0.6 is 11.8 Å². The van der Waals surface area contributed by atoms with E-state index in [-0.39, 0.29) is 10.6 Å². The third-order valence-corrected chi connectivity index (χ3v) is 4.67. The average molecular weight is 299 g/mol. The Bertz CT molecular complexity index is 724. The predicted octanol–water partition coefficient (Wildman–Crippen LogP) is 0.504. The van der Waals surface area contributed by atoms with Crippen molar-refractivity contribution in [2.75, 3.05) is 5.73 Å². The third kappa shape index (κ3) is 2.72. The van der Waals surface area contributed by atoms with Gasteiger partial charge in [-0.3, -0.25) is 0 Å². The van der Waals surface area contributed by atoms with Crippen molar-refractivity contribution in [1.82, 2.24) is 14.8 Å². The molecule has 0 aliphatic rings. The molecule has 102 valence electrons. The Hall–Kier alpha value is -1.58. The predicted molar refractivity (Wildman–Crippen MR) is 72.1 cm³/mol. The Morgan fingerprint density at radius 2 is 2.00 bits per heavy atom. The van der Waals surface area contributed by atoms with Crippen LogP contribution in [-0.4, -0.2) is 23.2 Å². The Kier molecular flexibility index (Phi) is 3.52. The van der Waals surface area contributed by atoms with E-state index in [4.69, 9.17) is 10.9 Å². The van der Waals surface area contributed by atoms with Crippen LogP contribution in [0.15, 0.2) is 33.1 Å². The molecule has 0 amide bonds.